The van der Waals surface area contributed by atoms with Gasteiger partial charge in [-0.2, -0.15) is 0 Å². The van der Waals surface area contributed by atoms with E-state index in [4.69, 9.17) is 0 Å². The van der Waals surface area contributed by atoms with Crippen LogP contribution in [0.1, 0.15) is 62.1 Å². The van der Waals surface area contributed by atoms with Gasteiger partial charge in [-0.1, -0.05) is 68.7 Å². The van der Waals surface area contributed by atoms with Gasteiger partial charge in [-0.05, 0) is 59.9 Å². The fourth-order valence-electron chi connectivity index (χ4n) is 6.07. The van der Waals surface area contributed by atoms with E-state index in [1.165, 1.54) is 72.8 Å². The van der Waals surface area contributed by atoms with E-state index in [0.29, 0.717) is 12.5 Å². The number of piperazine rings is 1. The van der Waals surface area contributed by atoms with Gasteiger partial charge in [0.25, 0.3) is 0 Å². The fourth-order valence-corrected chi connectivity index (χ4v) is 6.07. The number of unbranched alkanes of at least 4 members (excludes halogenated alkanes) is 1. The third-order valence-electron chi connectivity index (χ3n) is 8.27. The lowest BCUT2D eigenvalue weighted by Crippen LogP contribution is -2.53. The Morgan fingerprint density at radius 3 is 2.35 bits per heavy atom. The number of rotatable bonds is 7. The summed E-state index contributed by atoms with van der Waals surface area (Å²) in [7, 11) is 0. The predicted octanol–water partition coefficient (Wildman–Crippen LogP) is 5.14. The molecule has 0 unspecified atom stereocenters. The van der Waals surface area contributed by atoms with Crippen LogP contribution in [0.3, 0.4) is 0 Å². The van der Waals surface area contributed by atoms with Crippen molar-refractivity contribution in [3.05, 3.63) is 59.2 Å². The Kier molecular flexibility index (Phi) is 7.66. The van der Waals surface area contributed by atoms with Crippen LogP contribution in [0.15, 0.2) is 42.5 Å². The van der Waals surface area contributed by atoms with Crippen molar-refractivity contribution in [2.24, 2.45) is 0 Å². The second-order valence-corrected chi connectivity index (χ2v) is 10.6. The van der Waals surface area contributed by atoms with Crippen LogP contribution in [-0.4, -0.2) is 65.9 Å². The van der Waals surface area contributed by atoms with Crippen LogP contribution in [-0.2, 0) is 24.2 Å². The van der Waals surface area contributed by atoms with E-state index in [0.717, 1.165) is 51.7 Å². The Bertz CT molecular complexity index is 956. The van der Waals surface area contributed by atoms with Crippen molar-refractivity contribution in [1.82, 2.24) is 14.7 Å². The Hall–Kier alpha value is -2.17. The normalized spacial score (nSPS) is 20.0. The van der Waals surface area contributed by atoms with Gasteiger partial charge in [-0.15, -0.1) is 0 Å². The molecule has 3 aliphatic rings. The molecule has 0 aromatic heterocycles. The number of benzene rings is 2. The van der Waals surface area contributed by atoms with Crippen LogP contribution in [0.25, 0.3) is 11.1 Å². The van der Waals surface area contributed by atoms with Gasteiger partial charge < -0.3 is 4.90 Å². The molecule has 1 saturated carbocycles. The first kappa shape index (κ1) is 23.6. The number of carbonyl (C=O) groups is 1. The summed E-state index contributed by atoms with van der Waals surface area (Å²) in [6, 6.07) is 16.8. The predicted molar refractivity (Wildman–Crippen MR) is 140 cm³/mol. The molecule has 2 aromatic carbocycles. The number of nitrogens with zero attached hydrogens (tertiary/aromatic N) is 3. The number of carbonyl (C=O) groups excluding carboxylic acids is 1. The van der Waals surface area contributed by atoms with Crippen LogP contribution >= 0.6 is 0 Å². The molecule has 34 heavy (non-hydrogen) atoms. The summed E-state index contributed by atoms with van der Waals surface area (Å²) in [5, 5.41) is 0. The fraction of sp³-hybridized carbons (Fsp3) is 0.567. The van der Waals surface area contributed by atoms with Gasteiger partial charge in [0.1, 0.15) is 0 Å². The molecule has 0 atom stereocenters. The van der Waals surface area contributed by atoms with Gasteiger partial charge in [-0.25, -0.2) is 0 Å². The largest absolute Gasteiger partial charge is 0.339 e. The zero-order valence-corrected chi connectivity index (χ0v) is 21.0. The minimum atomic E-state index is 0.314. The number of fused-ring (bicyclic) bond motifs is 1. The summed E-state index contributed by atoms with van der Waals surface area (Å²) in [6.07, 6.45) is 10.2. The summed E-state index contributed by atoms with van der Waals surface area (Å²) in [4.78, 5) is 20.1. The highest BCUT2D eigenvalue weighted by molar-refractivity contribution is 5.78. The molecule has 2 aliphatic heterocycles. The molecule has 2 fully saturated rings. The number of amides is 1. The first-order chi connectivity index (χ1) is 16.7. The van der Waals surface area contributed by atoms with Gasteiger partial charge in [0.15, 0.2) is 0 Å². The van der Waals surface area contributed by atoms with Gasteiger partial charge in [0.2, 0.25) is 5.91 Å². The van der Waals surface area contributed by atoms with Crippen molar-refractivity contribution in [2.75, 3.05) is 39.3 Å². The van der Waals surface area contributed by atoms with E-state index in [1.807, 2.05) is 0 Å². The molecule has 1 saturated heterocycles. The molecule has 1 amide bonds. The van der Waals surface area contributed by atoms with Crippen molar-refractivity contribution in [1.29, 1.82) is 0 Å². The molecule has 2 heterocycles. The van der Waals surface area contributed by atoms with Crippen LogP contribution < -0.4 is 0 Å². The first-order valence-corrected chi connectivity index (χ1v) is 13.6. The Balaban J connectivity index is 1.14. The van der Waals surface area contributed by atoms with Crippen LogP contribution in [0.4, 0.5) is 0 Å². The van der Waals surface area contributed by atoms with Gasteiger partial charge in [-0.3, -0.25) is 14.6 Å². The lowest BCUT2D eigenvalue weighted by Gasteiger charge is -2.39. The van der Waals surface area contributed by atoms with Crippen molar-refractivity contribution in [3.8, 4) is 11.1 Å². The van der Waals surface area contributed by atoms with Gasteiger partial charge in [0, 0.05) is 45.3 Å². The third-order valence-corrected chi connectivity index (χ3v) is 8.27. The zero-order valence-electron chi connectivity index (χ0n) is 21.0. The molecule has 0 radical (unpaired) electrons. The highest BCUT2D eigenvalue weighted by atomic mass is 16.2. The second kappa shape index (κ2) is 11.0. The van der Waals surface area contributed by atoms with E-state index >= 15 is 0 Å². The van der Waals surface area contributed by atoms with Crippen molar-refractivity contribution >= 4 is 5.91 Å². The quantitative estimate of drug-likeness (QED) is 0.574. The summed E-state index contributed by atoms with van der Waals surface area (Å²) >= 11 is 0. The van der Waals surface area contributed by atoms with E-state index in [-0.39, 0.29) is 0 Å². The number of hydrogen-bond donors (Lipinski definition) is 0. The van der Waals surface area contributed by atoms with Crippen molar-refractivity contribution in [3.63, 3.8) is 0 Å². The molecule has 4 nitrogen and oxygen atoms in total. The summed E-state index contributed by atoms with van der Waals surface area (Å²) in [6.45, 7) is 8.59. The molecule has 4 heteroatoms. The minimum absolute atomic E-state index is 0.314. The minimum Gasteiger partial charge on any atom is -0.339 e. The maximum Gasteiger partial charge on any atom is 0.236 e. The highest BCUT2D eigenvalue weighted by Crippen LogP contribution is 2.27. The Morgan fingerprint density at radius 2 is 1.62 bits per heavy atom. The van der Waals surface area contributed by atoms with Crippen molar-refractivity contribution in [2.45, 2.75) is 70.9 Å². The number of hydrogen-bond acceptors (Lipinski definition) is 3. The summed E-state index contributed by atoms with van der Waals surface area (Å²) in [5.74, 6) is 0.314. The van der Waals surface area contributed by atoms with E-state index in [2.05, 4.69) is 64.1 Å². The summed E-state index contributed by atoms with van der Waals surface area (Å²) in [5.41, 5.74) is 6.88. The van der Waals surface area contributed by atoms with E-state index < -0.39 is 0 Å². The molecule has 182 valence electrons. The third kappa shape index (κ3) is 5.55. The van der Waals surface area contributed by atoms with Crippen LogP contribution in [0.2, 0.25) is 0 Å². The lowest BCUT2D eigenvalue weighted by atomic mass is 9.94. The molecule has 0 bridgehead atoms. The van der Waals surface area contributed by atoms with E-state index in [1.54, 1.807) is 0 Å². The molecule has 1 aliphatic carbocycles. The van der Waals surface area contributed by atoms with Crippen molar-refractivity contribution < 1.29 is 4.79 Å². The SMILES string of the molecule is CCCCc1ccc(-c2ccc3c(c2)CCN(CC(=O)N2CCN(C4CCCC4)CC2)C3)cc1. The van der Waals surface area contributed by atoms with Gasteiger partial charge in [0.05, 0.1) is 6.54 Å². The zero-order chi connectivity index (χ0) is 23.3. The summed E-state index contributed by atoms with van der Waals surface area (Å²) < 4.78 is 0. The standard InChI is InChI=1S/C30H41N3O/c1-2-3-6-24-9-11-25(12-10-24)26-13-14-28-22-31(16-15-27(28)21-26)23-30(34)33-19-17-32(18-20-33)29-7-4-5-8-29/h9-14,21,29H,2-8,15-20,22-23H2,1H3. The molecular formula is C30H41N3O. The number of aryl methyl sites for hydroxylation is 1. The molecular weight excluding hydrogens is 418 g/mol. The molecule has 5 rings (SSSR count). The monoisotopic (exact) mass is 459 g/mol. The molecule has 0 N–H and O–H groups in total. The average molecular weight is 460 g/mol. The first-order valence-electron chi connectivity index (χ1n) is 13.6. The second-order valence-electron chi connectivity index (χ2n) is 10.6. The maximum absolute atomic E-state index is 13.0. The average Bonchev–Trinajstić information content (AvgIpc) is 3.43. The Labute approximate surface area is 205 Å². The topological polar surface area (TPSA) is 26.8 Å². The maximum atomic E-state index is 13.0. The molecule has 2 aromatic rings. The van der Waals surface area contributed by atoms with Crippen LogP contribution in [0, 0.1) is 0 Å². The lowest BCUT2D eigenvalue weighted by molar-refractivity contribution is -0.134. The Morgan fingerprint density at radius 1 is 0.882 bits per heavy atom. The van der Waals surface area contributed by atoms with Crippen LogP contribution in [0.5, 0.6) is 0 Å². The smallest absolute Gasteiger partial charge is 0.236 e. The van der Waals surface area contributed by atoms with Gasteiger partial charge >= 0.3 is 0 Å². The van der Waals surface area contributed by atoms with E-state index in [9.17, 15) is 4.79 Å². The molecule has 0 spiro atoms. The highest BCUT2D eigenvalue weighted by Gasteiger charge is 2.29.